The molecule has 1 aromatic heterocycles. The molecule has 2 heterocycles. The van der Waals surface area contributed by atoms with Gasteiger partial charge in [-0.15, -0.1) is 0 Å². The van der Waals surface area contributed by atoms with E-state index < -0.39 is 0 Å². The number of aromatic nitrogens is 2. The van der Waals surface area contributed by atoms with Crippen molar-refractivity contribution < 1.29 is 14.6 Å². The van der Waals surface area contributed by atoms with Gasteiger partial charge < -0.3 is 15.2 Å². The van der Waals surface area contributed by atoms with Crippen LogP contribution in [0.25, 0.3) is 5.69 Å². The molecule has 1 unspecified atom stereocenters. The van der Waals surface area contributed by atoms with Gasteiger partial charge in [0.2, 0.25) is 5.91 Å². The number of ether oxygens (including phenoxy) is 1. The Morgan fingerprint density at radius 1 is 1.19 bits per heavy atom. The summed E-state index contributed by atoms with van der Waals surface area (Å²) in [5.74, 6) is 0.492. The summed E-state index contributed by atoms with van der Waals surface area (Å²) in [7, 11) is 0. The van der Waals surface area contributed by atoms with Crippen LogP contribution in [0.4, 0.5) is 5.69 Å². The van der Waals surface area contributed by atoms with E-state index in [1.165, 1.54) is 0 Å². The van der Waals surface area contributed by atoms with Gasteiger partial charge in [0.15, 0.2) is 0 Å². The third kappa shape index (κ3) is 3.07. The van der Waals surface area contributed by atoms with Crippen molar-refractivity contribution >= 4 is 11.6 Å². The van der Waals surface area contributed by atoms with Gasteiger partial charge in [0.1, 0.15) is 12.4 Å². The molecule has 6 nitrogen and oxygen atoms in total. The predicted octanol–water partition coefficient (Wildman–Crippen LogP) is 2.72. The molecule has 1 aliphatic rings. The second-order valence-electron chi connectivity index (χ2n) is 6.13. The van der Waals surface area contributed by atoms with Crippen molar-refractivity contribution in [3.05, 3.63) is 72.1 Å². The summed E-state index contributed by atoms with van der Waals surface area (Å²) in [6.45, 7) is 0.166. The van der Waals surface area contributed by atoms with E-state index >= 15 is 0 Å². The zero-order chi connectivity index (χ0) is 17.9. The first-order valence-corrected chi connectivity index (χ1v) is 8.53. The molecule has 2 N–H and O–H groups in total. The van der Waals surface area contributed by atoms with Crippen LogP contribution in [0.3, 0.4) is 0 Å². The first kappa shape index (κ1) is 16.4. The molecule has 0 fully saturated rings. The number of aliphatic hydroxyl groups excluding tert-OH is 1. The van der Waals surface area contributed by atoms with Gasteiger partial charge in [-0.05, 0) is 29.8 Å². The molecule has 4 rings (SSSR count). The number of carbonyl (C=O) groups excluding carboxylic acids is 1. The summed E-state index contributed by atoms with van der Waals surface area (Å²) in [4.78, 5) is 12.3. The fourth-order valence-electron chi connectivity index (χ4n) is 3.32. The Balaban J connectivity index is 1.74. The highest BCUT2D eigenvalue weighted by molar-refractivity contribution is 5.95. The number of rotatable bonds is 5. The molecule has 26 heavy (non-hydrogen) atoms. The predicted molar refractivity (Wildman–Crippen MR) is 97.7 cm³/mol. The summed E-state index contributed by atoms with van der Waals surface area (Å²) in [6, 6.07) is 17.5. The highest BCUT2D eigenvalue weighted by Crippen LogP contribution is 2.39. The van der Waals surface area contributed by atoms with E-state index in [1.807, 2.05) is 53.2 Å². The van der Waals surface area contributed by atoms with Gasteiger partial charge in [-0.25, -0.2) is 4.68 Å². The number of nitrogens with zero attached hydrogens (tertiary/aromatic N) is 2. The molecule has 2 aromatic carbocycles. The van der Waals surface area contributed by atoms with E-state index in [4.69, 9.17) is 9.84 Å². The number of nitrogens with one attached hydrogen (secondary N) is 1. The van der Waals surface area contributed by atoms with E-state index in [0.29, 0.717) is 12.2 Å². The minimum atomic E-state index is -0.0895. The maximum atomic E-state index is 12.3. The number of hydrogen-bond donors (Lipinski definition) is 2. The number of hydrogen-bond acceptors (Lipinski definition) is 4. The molecule has 1 aliphatic heterocycles. The first-order valence-electron chi connectivity index (χ1n) is 8.53. The standard InChI is InChI=1S/C20H19N3O3/c24-10-11-26-15-6-7-16-17(13-20(25)22-18(16)12-15)19-8-9-21-23(19)14-4-2-1-3-5-14/h1-9,12,17,24H,10-11,13H2,(H,22,25). The molecule has 3 aromatic rings. The molecule has 0 aliphatic carbocycles. The first-order chi connectivity index (χ1) is 12.8. The summed E-state index contributed by atoms with van der Waals surface area (Å²) in [5, 5.41) is 16.3. The summed E-state index contributed by atoms with van der Waals surface area (Å²) in [5.41, 5.74) is 3.69. The van der Waals surface area contributed by atoms with Crippen LogP contribution in [-0.2, 0) is 4.79 Å². The van der Waals surface area contributed by atoms with Gasteiger partial charge >= 0.3 is 0 Å². The molecule has 6 heteroatoms. The van der Waals surface area contributed by atoms with Crippen molar-refractivity contribution in [2.24, 2.45) is 0 Å². The Morgan fingerprint density at radius 3 is 2.85 bits per heavy atom. The zero-order valence-corrected chi connectivity index (χ0v) is 14.1. The van der Waals surface area contributed by atoms with Crippen molar-refractivity contribution in [3.63, 3.8) is 0 Å². The Hall–Kier alpha value is -3.12. The molecule has 0 radical (unpaired) electrons. The van der Waals surface area contributed by atoms with Gasteiger partial charge in [-0.2, -0.15) is 5.10 Å². The Kier molecular flexibility index (Phi) is 4.41. The van der Waals surface area contributed by atoms with Gasteiger partial charge in [0.05, 0.1) is 18.0 Å². The number of aliphatic hydroxyl groups is 1. The van der Waals surface area contributed by atoms with Crippen LogP contribution in [0.5, 0.6) is 5.75 Å². The number of fused-ring (bicyclic) bond motifs is 1. The molecular formula is C20H19N3O3. The van der Waals surface area contributed by atoms with Crippen LogP contribution in [0, 0.1) is 0 Å². The molecule has 0 bridgehead atoms. The highest BCUT2D eigenvalue weighted by atomic mass is 16.5. The normalized spacial score (nSPS) is 16.0. The average Bonchev–Trinajstić information content (AvgIpc) is 3.15. The number of amides is 1. The fraction of sp³-hybridized carbons (Fsp3) is 0.200. The minimum absolute atomic E-state index is 0.0392. The number of carbonyl (C=O) groups is 1. The van der Waals surface area contributed by atoms with Crippen LogP contribution in [0.2, 0.25) is 0 Å². The van der Waals surface area contributed by atoms with Gasteiger partial charge in [-0.1, -0.05) is 24.3 Å². The molecule has 0 saturated heterocycles. The van der Waals surface area contributed by atoms with Gasteiger partial charge in [0.25, 0.3) is 0 Å². The van der Waals surface area contributed by atoms with Crippen molar-refractivity contribution in [2.75, 3.05) is 18.5 Å². The van der Waals surface area contributed by atoms with Crippen molar-refractivity contribution in [2.45, 2.75) is 12.3 Å². The van der Waals surface area contributed by atoms with Gasteiger partial charge in [0, 0.05) is 30.3 Å². The zero-order valence-electron chi connectivity index (χ0n) is 14.1. The second kappa shape index (κ2) is 7.01. The van der Waals surface area contributed by atoms with Crippen LogP contribution in [-0.4, -0.2) is 34.0 Å². The third-order valence-corrected chi connectivity index (χ3v) is 4.45. The number of benzene rings is 2. The minimum Gasteiger partial charge on any atom is -0.491 e. The van der Waals surface area contributed by atoms with Crippen LogP contribution in [0.1, 0.15) is 23.6 Å². The molecular weight excluding hydrogens is 330 g/mol. The van der Waals surface area contributed by atoms with Crippen molar-refractivity contribution in [3.8, 4) is 11.4 Å². The molecule has 0 saturated carbocycles. The Bertz CT molecular complexity index is 921. The average molecular weight is 349 g/mol. The quantitative estimate of drug-likeness (QED) is 0.743. The van der Waals surface area contributed by atoms with Gasteiger partial charge in [-0.3, -0.25) is 4.79 Å². The third-order valence-electron chi connectivity index (χ3n) is 4.45. The van der Waals surface area contributed by atoms with Crippen LogP contribution in [0.15, 0.2) is 60.8 Å². The largest absolute Gasteiger partial charge is 0.491 e. The highest BCUT2D eigenvalue weighted by Gasteiger charge is 2.29. The van der Waals surface area contributed by atoms with Crippen LogP contribution >= 0.6 is 0 Å². The lowest BCUT2D eigenvalue weighted by molar-refractivity contribution is -0.116. The smallest absolute Gasteiger partial charge is 0.225 e. The lowest BCUT2D eigenvalue weighted by atomic mass is 9.87. The second-order valence-corrected chi connectivity index (χ2v) is 6.13. The number of para-hydroxylation sites is 1. The maximum absolute atomic E-state index is 12.3. The van der Waals surface area contributed by atoms with E-state index in [0.717, 1.165) is 22.6 Å². The lowest BCUT2D eigenvalue weighted by Crippen LogP contribution is -2.25. The number of anilines is 1. The van der Waals surface area contributed by atoms with Crippen molar-refractivity contribution in [1.82, 2.24) is 9.78 Å². The summed E-state index contributed by atoms with van der Waals surface area (Å²) < 4.78 is 7.33. The van der Waals surface area contributed by atoms with E-state index in [9.17, 15) is 4.79 Å². The van der Waals surface area contributed by atoms with E-state index in [1.54, 1.807) is 12.3 Å². The fourth-order valence-corrected chi connectivity index (χ4v) is 3.32. The SMILES string of the molecule is O=C1CC(c2ccnn2-c2ccccc2)c2ccc(OCCO)cc2N1. The van der Waals surface area contributed by atoms with Crippen LogP contribution < -0.4 is 10.1 Å². The Labute approximate surface area is 151 Å². The Morgan fingerprint density at radius 2 is 2.04 bits per heavy atom. The molecule has 132 valence electrons. The van der Waals surface area contributed by atoms with E-state index in [-0.39, 0.29) is 25.0 Å². The van der Waals surface area contributed by atoms with Crippen molar-refractivity contribution in [1.29, 1.82) is 0 Å². The summed E-state index contributed by atoms with van der Waals surface area (Å²) >= 11 is 0. The lowest BCUT2D eigenvalue weighted by Gasteiger charge is -2.26. The van der Waals surface area contributed by atoms with E-state index in [2.05, 4.69) is 10.4 Å². The topological polar surface area (TPSA) is 76.4 Å². The molecule has 1 amide bonds. The maximum Gasteiger partial charge on any atom is 0.225 e. The summed E-state index contributed by atoms with van der Waals surface area (Å²) in [6.07, 6.45) is 2.12. The molecule has 0 spiro atoms. The monoisotopic (exact) mass is 349 g/mol. The molecule has 1 atom stereocenters.